The predicted octanol–water partition coefficient (Wildman–Crippen LogP) is 1.89. The molecule has 114 valence electrons. The van der Waals surface area contributed by atoms with Gasteiger partial charge in [0.25, 0.3) is 0 Å². The molecule has 2 rings (SSSR count). The zero-order valence-electron chi connectivity index (χ0n) is 12.8. The van der Waals surface area contributed by atoms with Crippen LogP contribution >= 0.6 is 0 Å². The van der Waals surface area contributed by atoms with Crippen molar-refractivity contribution in [1.82, 2.24) is 10.0 Å². The number of hydrogen-bond acceptors (Lipinski definition) is 5. The van der Waals surface area contributed by atoms with E-state index < -0.39 is 0 Å². The Morgan fingerprint density at radius 2 is 2.05 bits per heavy atom. The Morgan fingerprint density at radius 1 is 1.33 bits per heavy atom. The summed E-state index contributed by atoms with van der Waals surface area (Å²) in [7, 11) is 4.04. The fraction of sp³-hybridized carbons (Fsp3) is 0.400. The van der Waals surface area contributed by atoms with Gasteiger partial charge in [-0.05, 0) is 39.6 Å². The van der Waals surface area contributed by atoms with Crippen LogP contribution in [0.1, 0.15) is 25.1 Å². The second-order valence-corrected chi connectivity index (χ2v) is 5.42. The fourth-order valence-corrected chi connectivity index (χ4v) is 2.20. The van der Waals surface area contributed by atoms with Gasteiger partial charge in [-0.25, -0.2) is 11.0 Å². The molecule has 21 heavy (non-hydrogen) atoms. The molecule has 6 nitrogen and oxygen atoms in total. The molecule has 1 atom stereocenters. The van der Waals surface area contributed by atoms with Gasteiger partial charge in [-0.1, -0.05) is 18.2 Å². The Labute approximate surface area is 124 Å². The molecule has 0 spiro atoms. The van der Waals surface area contributed by atoms with E-state index in [0.29, 0.717) is 5.84 Å². The Hall–Kier alpha value is -2.05. The number of nitrogens with zero attached hydrogens (tertiary/aromatic N) is 3. The zero-order chi connectivity index (χ0) is 15.4. The van der Waals surface area contributed by atoms with E-state index in [2.05, 4.69) is 10.0 Å². The lowest BCUT2D eigenvalue weighted by Crippen LogP contribution is -2.34. The third-order valence-electron chi connectivity index (χ3n) is 3.22. The van der Waals surface area contributed by atoms with Gasteiger partial charge in [0, 0.05) is 11.9 Å². The van der Waals surface area contributed by atoms with Gasteiger partial charge in [0.1, 0.15) is 23.2 Å². The van der Waals surface area contributed by atoms with Crippen LogP contribution < -0.4 is 11.6 Å². The smallest absolute Gasteiger partial charge is 0.134 e. The molecule has 4 N–H and O–H groups in total. The van der Waals surface area contributed by atoms with Crippen LogP contribution in [0.3, 0.4) is 0 Å². The lowest BCUT2D eigenvalue weighted by molar-refractivity contribution is 0.166. The van der Waals surface area contributed by atoms with Crippen molar-refractivity contribution in [2.75, 3.05) is 20.6 Å². The van der Waals surface area contributed by atoms with E-state index in [1.807, 2.05) is 44.4 Å². The van der Waals surface area contributed by atoms with Gasteiger partial charge in [-0.2, -0.15) is 0 Å². The summed E-state index contributed by atoms with van der Waals surface area (Å²) in [6.07, 6.45) is 0.792. The first-order valence-corrected chi connectivity index (χ1v) is 6.95. The van der Waals surface area contributed by atoms with Crippen LogP contribution in [-0.4, -0.2) is 36.5 Å². The van der Waals surface area contributed by atoms with E-state index in [1.54, 1.807) is 6.92 Å². The van der Waals surface area contributed by atoms with Gasteiger partial charge in [0.15, 0.2) is 0 Å². The monoisotopic (exact) mass is 289 g/mol. The molecule has 0 aliphatic carbocycles. The number of furan rings is 1. The van der Waals surface area contributed by atoms with Crippen LogP contribution in [-0.2, 0) is 0 Å². The maximum atomic E-state index is 6.05. The Kier molecular flexibility index (Phi) is 4.82. The first-order chi connectivity index (χ1) is 9.97. The predicted molar refractivity (Wildman–Crippen MR) is 85.4 cm³/mol. The molecule has 0 radical (unpaired) electrons. The standard InChI is InChI=1S/C15H23N5O/c1-11(16)18-20(17)13(8-9-19(2)3)15-10-12-6-4-5-7-14(12)21-15/h4-7,10,13H,8-9,17H2,1-3H3,(H2,16,18). The molecule has 1 heterocycles. The average molecular weight is 289 g/mol. The van der Waals surface area contributed by atoms with Crippen molar-refractivity contribution in [2.45, 2.75) is 19.4 Å². The average Bonchev–Trinajstić information content (AvgIpc) is 2.80. The molecule has 1 unspecified atom stereocenters. The molecule has 1 aromatic carbocycles. The van der Waals surface area contributed by atoms with E-state index in [0.717, 1.165) is 29.7 Å². The van der Waals surface area contributed by atoms with Crippen LogP contribution in [0.2, 0.25) is 0 Å². The van der Waals surface area contributed by atoms with Crippen molar-refractivity contribution < 1.29 is 4.42 Å². The minimum absolute atomic E-state index is 0.154. The van der Waals surface area contributed by atoms with Gasteiger partial charge in [-0.15, -0.1) is 5.10 Å². The van der Waals surface area contributed by atoms with Crippen molar-refractivity contribution in [1.29, 1.82) is 0 Å². The van der Waals surface area contributed by atoms with Gasteiger partial charge >= 0.3 is 0 Å². The molecule has 0 aliphatic rings. The van der Waals surface area contributed by atoms with E-state index in [9.17, 15) is 0 Å². The summed E-state index contributed by atoms with van der Waals surface area (Å²) in [6.45, 7) is 2.58. The van der Waals surface area contributed by atoms with Crippen molar-refractivity contribution >= 4 is 16.8 Å². The first kappa shape index (κ1) is 15.3. The minimum atomic E-state index is -0.154. The highest BCUT2D eigenvalue weighted by Gasteiger charge is 2.21. The zero-order valence-corrected chi connectivity index (χ0v) is 12.8. The molecule has 0 amide bonds. The fourth-order valence-electron chi connectivity index (χ4n) is 2.20. The number of hydrogen-bond donors (Lipinski definition) is 2. The Bertz CT molecular complexity index is 582. The largest absolute Gasteiger partial charge is 0.459 e. The number of hydrazone groups is 1. The number of benzene rings is 1. The SMILES string of the molecule is C/C(N)=N/N(N)C(CCN(C)C)c1cc2ccccc2o1. The Balaban J connectivity index is 2.30. The third-order valence-corrected chi connectivity index (χ3v) is 3.22. The summed E-state index contributed by atoms with van der Waals surface area (Å²) in [4.78, 5) is 2.10. The lowest BCUT2D eigenvalue weighted by Gasteiger charge is -2.24. The summed E-state index contributed by atoms with van der Waals surface area (Å²) in [5, 5.41) is 6.57. The van der Waals surface area contributed by atoms with E-state index >= 15 is 0 Å². The lowest BCUT2D eigenvalue weighted by atomic mass is 10.1. The molecular formula is C15H23N5O. The molecule has 0 fully saturated rings. The van der Waals surface area contributed by atoms with Gasteiger partial charge in [0.05, 0.1) is 0 Å². The van der Waals surface area contributed by atoms with Crippen molar-refractivity contribution in [3.63, 3.8) is 0 Å². The second-order valence-electron chi connectivity index (χ2n) is 5.42. The number of para-hydroxylation sites is 1. The summed E-state index contributed by atoms with van der Waals surface area (Å²) in [5.41, 5.74) is 6.48. The Morgan fingerprint density at radius 3 is 2.67 bits per heavy atom. The first-order valence-electron chi connectivity index (χ1n) is 6.95. The van der Waals surface area contributed by atoms with Gasteiger partial charge in [0.2, 0.25) is 0 Å². The highest BCUT2D eigenvalue weighted by Crippen LogP contribution is 2.28. The molecular weight excluding hydrogens is 266 g/mol. The van der Waals surface area contributed by atoms with Crippen LogP contribution in [0, 0.1) is 0 Å². The topological polar surface area (TPSA) is 84.0 Å². The molecule has 1 aromatic heterocycles. The van der Waals surface area contributed by atoms with Gasteiger partial charge in [-0.3, -0.25) is 0 Å². The number of nitrogens with two attached hydrogens (primary N) is 2. The van der Waals surface area contributed by atoms with Crippen LogP contribution in [0.25, 0.3) is 11.0 Å². The molecule has 0 bridgehead atoms. The number of hydrazine groups is 1. The van der Waals surface area contributed by atoms with Crippen LogP contribution in [0.5, 0.6) is 0 Å². The van der Waals surface area contributed by atoms with Crippen molar-refractivity contribution in [2.24, 2.45) is 16.7 Å². The maximum absolute atomic E-state index is 6.05. The van der Waals surface area contributed by atoms with Gasteiger partial charge < -0.3 is 15.1 Å². The van der Waals surface area contributed by atoms with Crippen LogP contribution in [0.15, 0.2) is 39.9 Å². The highest BCUT2D eigenvalue weighted by molar-refractivity contribution is 5.78. The summed E-state index contributed by atoms with van der Waals surface area (Å²) in [6, 6.07) is 9.75. The highest BCUT2D eigenvalue weighted by atomic mass is 16.3. The summed E-state index contributed by atoms with van der Waals surface area (Å²) in [5.74, 6) is 7.26. The number of fused-ring (bicyclic) bond motifs is 1. The van der Waals surface area contributed by atoms with E-state index in [1.165, 1.54) is 5.12 Å². The summed E-state index contributed by atoms with van der Waals surface area (Å²) < 4.78 is 5.91. The van der Waals surface area contributed by atoms with Crippen molar-refractivity contribution in [3.05, 3.63) is 36.1 Å². The molecule has 0 aliphatic heterocycles. The normalized spacial score (nSPS) is 13.9. The maximum Gasteiger partial charge on any atom is 0.134 e. The minimum Gasteiger partial charge on any atom is -0.459 e. The summed E-state index contributed by atoms with van der Waals surface area (Å²) >= 11 is 0. The second kappa shape index (κ2) is 6.60. The van der Waals surface area contributed by atoms with E-state index in [4.69, 9.17) is 16.0 Å². The van der Waals surface area contributed by atoms with Crippen LogP contribution in [0.4, 0.5) is 0 Å². The quantitative estimate of drug-likeness (QED) is 0.367. The third kappa shape index (κ3) is 3.96. The molecule has 0 saturated carbocycles. The molecule has 2 aromatic rings. The van der Waals surface area contributed by atoms with Crippen molar-refractivity contribution in [3.8, 4) is 0 Å². The molecule has 0 saturated heterocycles. The molecule has 6 heteroatoms. The van der Waals surface area contributed by atoms with E-state index in [-0.39, 0.29) is 6.04 Å². The number of amidine groups is 1. The number of rotatable bonds is 6.